The van der Waals surface area contributed by atoms with E-state index in [2.05, 4.69) is 58.3 Å². The van der Waals surface area contributed by atoms with Crippen LogP contribution in [0.4, 0.5) is 0 Å². The summed E-state index contributed by atoms with van der Waals surface area (Å²) < 4.78 is 2.02. The molecule has 0 heterocycles. The number of nitrogens with one attached hydrogen (secondary N) is 1. The number of hydrazone groups is 1. The Morgan fingerprint density at radius 2 is 1.91 bits per heavy atom. The number of phenols is 1. The Morgan fingerprint density at radius 1 is 1.18 bits per heavy atom. The number of aryl methyl sites for hydroxylation is 1. The molecule has 22 heavy (non-hydrogen) atoms. The Kier molecular flexibility index (Phi) is 5.77. The number of hydrogen-bond acceptors (Lipinski definition) is 3. The molecule has 0 aromatic heterocycles. The normalized spacial score (nSPS) is 10.9. The molecule has 2 rings (SSSR count). The second kappa shape index (κ2) is 7.39. The largest absolute Gasteiger partial charge is 0.506 e. The maximum absolute atomic E-state index is 12.0. The highest BCUT2D eigenvalue weighted by Gasteiger charge is 2.09. The Balaban J connectivity index is 2.14. The summed E-state index contributed by atoms with van der Waals surface area (Å²) in [4.78, 5) is 12.0. The molecule has 0 bridgehead atoms. The molecule has 0 saturated heterocycles. The molecule has 0 fully saturated rings. The van der Waals surface area contributed by atoms with Crippen molar-refractivity contribution in [1.82, 2.24) is 5.43 Å². The van der Waals surface area contributed by atoms with Gasteiger partial charge in [-0.05, 0) is 68.6 Å². The van der Waals surface area contributed by atoms with Gasteiger partial charge in [-0.15, -0.1) is 0 Å². The van der Waals surface area contributed by atoms with Gasteiger partial charge in [-0.2, -0.15) is 5.10 Å². The summed E-state index contributed by atoms with van der Waals surface area (Å²) in [5.74, 6) is -0.283. The van der Waals surface area contributed by atoms with Gasteiger partial charge >= 0.3 is 0 Å². The lowest BCUT2D eigenvalue weighted by atomic mass is 10.1. The Morgan fingerprint density at radius 3 is 2.59 bits per heavy atom. The number of amides is 1. The van der Waals surface area contributed by atoms with Crippen LogP contribution in [0.15, 0.2) is 48.9 Å². The number of carbonyl (C=O) groups excluding carboxylic acids is 1. The van der Waals surface area contributed by atoms with Crippen molar-refractivity contribution in [2.75, 3.05) is 0 Å². The quantitative estimate of drug-likeness (QED) is 0.481. The molecule has 0 aliphatic heterocycles. The topological polar surface area (TPSA) is 61.7 Å². The molecule has 1 amide bonds. The summed E-state index contributed by atoms with van der Waals surface area (Å²) in [6.07, 6.45) is 1.38. The SMILES string of the molecule is Cc1ccc(C(=O)N/N=C/c2cc(Br)cc(Br)c2O)c(Br)c1. The fourth-order valence-corrected chi connectivity index (χ4v) is 3.64. The number of nitrogens with zero attached hydrogens (tertiary/aromatic N) is 1. The number of benzene rings is 2. The van der Waals surface area contributed by atoms with Crippen LogP contribution >= 0.6 is 47.8 Å². The van der Waals surface area contributed by atoms with Crippen molar-refractivity contribution in [1.29, 1.82) is 0 Å². The van der Waals surface area contributed by atoms with Gasteiger partial charge in [0.25, 0.3) is 5.91 Å². The molecular weight excluding hydrogens is 480 g/mol. The van der Waals surface area contributed by atoms with Gasteiger partial charge in [0.15, 0.2) is 0 Å². The van der Waals surface area contributed by atoms with Crippen molar-refractivity contribution in [2.45, 2.75) is 6.92 Å². The third-order valence-corrected chi connectivity index (χ3v) is 4.52. The minimum Gasteiger partial charge on any atom is -0.506 e. The molecule has 0 atom stereocenters. The number of hydrogen-bond donors (Lipinski definition) is 2. The zero-order valence-electron chi connectivity index (χ0n) is 11.4. The highest BCUT2D eigenvalue weighted by atomic mass is 79.9. The maximum atomic E-state index is 12.0. The van der Waals surface area contributed by atoms with Gasteiger partial charge in [-0.25, -0.2) is 5.43 Å². The van der Waals surface area contributed by atoms with Crippen LogP contribution in [0.25, 0.3) is 0 Å². The molecule has 0 unspecified atom stereocenters. The summed E-state index contributed by atoms with van der Waals surface area (Å²) in [6.45, 7) is 1.94. The predicted molar refractivity (Wildman–Crippen MR) is 97.4 cm³/mol. The Hall–Kier alpha value is -1.18. The Bertz CT molecular complexity index is 761. The standard InChI is InChI=1S/C15H11Br3N2O2/c1-8-2-3-11(12(17)4-8)15(22)20-19-7-9-5-10(16)6-13(18)14(9)21/h2-7,21H,1H3,(H,20,22)/b19-7+. The number of carbonyl (C=O) groups is 1. The second-order valence-electron chi connectivity index (χ2n) is 4.51. The molecule has 2 aromatic carbocycles. The minimum atomic E-state index is -0.336. The molecule has 4 nitrogen and oxygen atoms in total. The van der Waals surface area contributed by atoms with E-state index in [4.69, 9.17) is 0 Å². The average molecular weight is 491 g/mol. The highest BCUT2D eigenvalue weighted by molar-refractivity contribution is 9.11. The van der Waals surface area contributed by atoms with Crippen molar-refractivity contribution >= 4 is 59.9 Å². The van der Waals surface area contributed by atoms with Gasteiger partial charge in [0.2, 0.25) is 0 Å². The van der Waals surface area contributed by atoms with E-state index in [1.165, 1.54) is 6.21 Å². The van der Waals surface area contributed by atoms with Crippen molar-refractivity contribution in [3.8, 4) is 5.75 Å². The third kappa shape index (κ3) is 4.18. The van der Waals surface area contributed by atoms with Crippen LogP contribution in [-0.4, -0.2) is 17.2 Å². The molecular formula is C15H11Br3N2O2. The monoisotopic (exact) mass is 488 g/mol. The van der Waals surface area contributed by atoms with E-state index in [1.54, 1.807) is 18.2 Å². The van der Waals surface area contributed by atoms with E-state index in [0.29, 0.717) is 20.1 Å². The molecule has 2 N–H and O–H groups in total. The number of rotatable bonds is 3. The van der Waals surface area contributed by atoms with Gasteiger partial charge in [-0.3, -0.25) is 4.79 Å². The van der Waals surface area contributed by atoms with E-state index in [-0.39, 0.29) is 11.7 Å². The van der Waals surface area contributed by atoms with Crippen LogP contribution in [0, 0.1) is 6.92 Å². The first-order chi connectivity index (χ1) is 10.4. The van der Waals surface area contributed by atoms with Gasteiger partial charge in [-0.1, -0.05) is 22.0 Å². The number of halogens is 3. The average Bonchev–Trinajstić information content (AvgIpc) is 2.43. The fraction of sp³-hybridized carbons (Fsp3) is 0.0667. The summed E-state index contributed by atoms with van der Waals surface area (Å²) in [5, 5.41) is 13.8. The number of phenolic OH excluding ortho intramolecular Hbond substituents is 1. The lowest BCUT2D eigenvalue weighted by Gasteiger charge is -2.05. The minimum absolute atomic E-state index is 0.0534. The van der Waals surface area contributed by atoms with Crippen LogP contribution in [0.3, 0.4) is 0 Å². The molecule has 114 valence electrons. The first-order valence-electron chi connectivity index (χ1n) is 6.16. The highest BCUT2D eigenvalue weighted by Crippen LogP contribution is 2.30. The molecule has 2 aromatic rings. The lowest BCUT2D eigenvalue weighted by Crippen LogP contribution is -2.18. The van der Waals surface area contributed by atoms with Crippen LogP contribution in [0.2, 0.25) is 0 Å². The smallest absolute Gasteiger partial charge is 0.272 e. The molecule has 0 spiro atoms. The van der Waals surface area contributed by atoms with Crippen LogP contribution in [0.5, 0.6) is 5.75 Å². The third-order valence-electron chi connectivity index (χ3n) is 2.80. The van der Waals surface area contributed by atoms with Crippen molar-refractivity contribution in [3.63, 3.8) is 0 Å². The summed E-state index contributed by atoms with van der Waals surface area (Å²) >= 11 is 9.91. The second-order valence-corrected chi connectivity index (χ2v) is 7.13. The van der Waals surface area contributed by atoms with Crippen molar-refractivity contribution in [2.24, 2.45) is 5.10 Å². The van der Waals surface area contributed by atoms with Crippen molar-refractivity contribution in [3.05, 3.63) is 60.4 Å². The molecule has 7 heteroatoms. The van der Waals surface area contributed by atoms with Crippen LogP contribution < -0.4 is 5.43 Å². The van der Waals surface area contributed by atoms with E-state index in [9.17, 15) is 9.90 Å². The molecule has 0 aliphatic rings. The first-order valence-corrected chi connectivity index (χ1v) is 8.54. The number of aromatic hydroxyl groups is 1. The maximum Gasteiger partial charge on any atom is 0.272 e. The van der Waals surface area contributed by atoms with Gasteiger partial charge in [0, 0.05) is 14.5 Å². The van der Waals surface area contributed by atoms with Crippen molar-refractivity contribution < 1.29 is 9.90 Å². The fourth-order valence-electron chi connectivity index (χ4n) is 1.71. The van der Waals surface area contributed by atoms with Crippen LogP contribution in [0.1, 0.15) is 21.5 Å². The lowest BCUT2D eigenvalue weighted by molar-refractivity contribution is 0.0954. The first kappa shape index (κ1) is 17.2. The van der Waals surface area contributed by atoms with E-state index >= 15 is 0 Å². The van der Waals surface area contributed by atoms with Gasteiger partial charge < -0.3 is 5.11 Å². The predicted octanol–water partition coefficient (Wildman–Crippen LogP) is 4.75. The van der Waals surface area contributed by atoms with Crippen LogP contribution in [-0.2, 0) is 0 Å². The summed E-state index contributed by atoms with van der Waals surface area (Å²) in [6, 6.07) is 8.83. The Labute approximate surface area is 153 Å². The molecule has 0 saturated carbocycles. The molecule has 0 radical (unpaired) electrons. The van der Waals surface area contributed by atoms with E-state index in [0.717, 1.165) is 10.0 Å². The van der Waals surface area contributed by atoms with E-state index < -0.39 is 0 Å². The summed E-state index contributed by atoms with van der Waals surface area (Å²) in [7, 11) is 0. The summed E-state index contributed by atoms with van der Waals surface area (Å²) in [5.41, 5.74) is 4.45. The molecule has 0 aliphatic carbocycles. The zero-order chi connectivity index (χ0) is 16.3. The van der Waals surface area contributed by atoms with Gasteiger partial charge in [0.05, 0.1) is 16.3 Å². The zero-order valence-corrected chi connectivity index (χ0v) is 16.2. The van der Waals surface area contributed by atoms with E-state index in [1.807, 2.05) is 19.1 Å². The van der Waals surface area contributed by atoms with Gasteiger partial charge in [0.1, 0.15) is 5.75 Å².